The van der Waals surface area contributed by atoms with E-state index in [1.807, 2.05) is 0 Å². The monoisotopic (exact) mass is 365 g/mol. The molecule has 0 radical (unpaired) electrons. The van der Waals surface area contributed by atoms with Crippen molar-refractivity contribution in [2.75, 3.05) is 6.54 Å². The lowest BCUT2D eigenvalue weighted by molar-refractivity contribution is -0.484. The summed E-state index contributed by atoms with van der Waals surface area (Å²) >= 11 is 0. The Morgan fingerprint density at radius 3 is 1.73 bits per heavy atom. The first kappa shape index (κ1) is 21.6. The maximum Gasteiger partial charge on any atom is 0.321 e. The average Bonchev–Trinajstić information content (AvgIpc) is 2.43. The lowest BCUT2D eigenvalue weighted by Crippen LogP contribution is -2.41. The van der Waals surface area contributed by atoms with E-state index < -0.39 is 46.4 Å². The van der Waals surface area contributed by atoms with E-state index in [0.29, 0.717) is 5.56 Å². The summed E-state index contributed by atoms with van der Waals surface area (Å²) in [6.07, 6.45) is 0. The molecule has 0 amide bonds. The van der Waals surface area contributed by atoms with E-state index in [9.17, 15) is 19.7 Å². The molecule has 0 spiro atoms. The molecule has 0 aliphatic rings. The molecule has 0 bridgehead atoms. The number of hydrogen-bond acceptors (Lipinski definition) is 6. The lowest BCUT2D eigenvalue weighted by atomic mass is 9.85. The van der Waals surface area contributed by atoms with Gasteiger partial charge in [0.1, 0.15) is 11.2 Å². The number of rotatable bonds is 6. The maximum atomic E-state index is 12.7. The molecule has 0 heterocycles. The summed E-state index contributed by atoms with van der Waals surface area (Å²) in [5.41, 5.74) is -1.17. The van der Waals surface area contributed by atoms with Gasteiger partial charge in [0.25, 0.3) is 0 Å². The Labute approximate surface area is 153 Å². The molecule has 0 unspecified atom stereocenters. The zero-order valence-electron chi connectivity index (χ0n) is 16.1. The quantitative estimate of drug-likeness (QED) is 0.332. The van der Waals surface area contributed by atoms with Crippen LogP contribution in [0.1, 0.15) is 53.0 Å². The van der Waals surface area contributed by atoms with Gasteiger partial charge in [-0.1, -0.05) is 30.3 Å². The first-order valence-corrected chi connectivity index (χ1v) is 8.42. The van der Waals surface area contributed by atoms with E-state index in [2.05, 4.69) is 0 Å². The Morgan fingerprint density at radius 1 is 0.962 bits per heavy atom. The van der Waals surface area contributed by atoms with Crippen LogP contribution in [0.4, 0.5) is 0 Å². The van der Waals surface area contributed by atoms with Gasteiger partial charge in [-0.05, 0) is 47.1 Å². The molecule has 7 heteroatoms. The van der Waals surface area contributed by atoms with Crippen LogP contribution < -0.4 is 0 Å². The van der Waals surface area contributed by atoms with Crippen molar-refractivity contribution in [3.05, 3.63) is 46.0 Å². The predicted molar refractivity (Wildman–Crippen MR) is 96.2 cm³/mol. The van der Waals surface area contributed by atoms with Crippen molar-refractivity contribution in [2.24, 2.45) is 5.92 Å². The molecule has 0 saturated carbocycles. The van der Waals surface area contributed by atoms with Gasteiger partial charge >= 0.3 is 11.9 Å². The molecule has 144 valence electrons. The number of benzene rings is 1. The molecular formula is C19H27NO6. The number of nitrogens with zero attached hydrogens (tertiary/aromatic N) is 1. The molecule has 0 fully saturated rings. The average molecular weight is 365 g/mol. The largest absolute Gasteiger partial charge is 0.459 e. The Hall–Kier alpha value is -2.44. The fraction of sp³-hybridized carbons (Fsp3) is 0.579. The second kappa shape index (κ2) is 8.29. The number of nitro groups is 1. The highest BCUT2D eigenvalue weighted by atomic mass is 16.6. The van der Waals surface area contributed by atoms with Gasteiger partial charge in [-0.3, -0.25) is 19.7 Å². The van der Waals surface area contributed by atoms with Crippen LogP contribution >= 0.6 is 0 Å². The number of esters is 2. The van der Waals surface area contributed by atoms with Gasteiger partial charge in [0.15, 0.2) is 5.92 Å². The van der Waals surface area contributed by atoms with E-state index >= 15 is 0 Å². The second-order valence-corrected chi connectivity index (χ2v) is 8.08. The van der Waals surface area contributed by atoms with Gasteiger partial charge in [-0.15, -0.1) is 0 Å². The minimum atomic E-state index is -1.43. The van der Waals surface area contributed by atoms with Crippen LogP contribution in [0.5, 0.6) is 0 Å². The van der Waals surface area contributed by atoms with Gasteiger partial charge in [0, 0.05) is 4.92 Å². The number of hydrogen-bond donors (Lipinski definition) is 0. The van der Waals surface area contributed by atoms with Gasteiger partial charge in [0.05, 0.1) is 5.92 Å². The normalized spacial score (nSPS) is 13.2. The van der Waals surface area contributed by atoms with Crippen molar-refractivity contribution < 1.29 is 24.0 Å². The zero-order valence-corrected chi connectivity index (χ0v) is 16.1. The molecular weight excluding hydrogens is 338 g/mol. The Balaban J connectivity index is 3.34. The third kappa shape index (κ3) is 7.21. The third-order valence-electron chi connectivity index (χ3n) is 3.30. The van der Waals surface area contributed by atoms with E-state index in [1.54, 1.807) is 71.9 Å². The van der Waals surface area contributed by atoms with Crippen LogP contribution in [-0.2, 0) is 19.1 Å². The summed E-state index contributed by atoms with van der Waals surface area (Å²) in [6.45, 7) is 9.42. The molecule has 1 aromatic rings. The third-order valence-corrected chi connectivity index (χ3v) is 3.30. The van der Waals surface area contributed by atoms with Crippen LogP contribution in [0.2, 0.25) is 0 Å². The zero-order chi connectivity index (χ0) is 20.1. The number of carbonyl (C=O) groups excluding carboxylic acids is 2. The minimum absolute atomic E-state index is 0.505. The topological polar surface area (TPSA) is 95.7 Å². The van der Waals surface area contributed by atoms with Crippen LogP contribution in [0.15, 0.2) is 30.3 Å². The van der Waals surface area contributed by atoms with E-state index in [1.165, 1.54) is 0 Å². The van der Waals surface area contributed by atoms with Crippen molar-refractivity contribution in [2.45, 2.75) is 58.7 Å². The Kier molecular flexibility index (Phi) is 6.89. The Bertz CT molecular complexity index is 614. The van der Waals surface area contributed by atoms with Crippen molar-refractivity contribution in [3.63, 3.8) is 0 Å². The second-order valence-electron chi connectivity index (χ2n) is 8.08. The summed E-state index contributed by atoms with van der Waals surface area (Å²) in [6, 6.07) is 8.45. The van der Waals surface area contributed by atoms with Crippen LogP contribution in [0.3, 0.4) is 0 Å². The van der Waals surface area contributed by atoms with E-state index in [4.69, 9.17) is 9.47 Å². The van der Waals surface area contributed by atoms with Crippen LogP contribution in [0.25, 0.3) is 0 Å². The van der Waals surface area contributed by atoms with Crippen LogP contribution in [0, 0.1) is 16.0 Å². The molecule has 7 nitrogen and oxygen atoms in total. The lowest BCUT2D eigenvalue weighted by Gasteiger charge is -2.29. The van der Waals surface area contributed by atoms with Gasteiger partial charge < -0.3 is 9.47 Å². The molecule has 1 atom stereocenters. The standard InChI is InChI=1S/C19H27NO6/c1-18(2,3)25-16(21)15(17(22)26-19(4,5)6)14(12-20(23)24)13-10-8-7-9-11-13/h7-11,14-15H,12H2,1-6H3/t14-/m1/s1. The van der Waals surface area contributed by atoms with Crippen molar-refractivity contribution in [3.8, 4) is 0 Å². The van der Waals surface area contributed by atoms with Gasteiger partial charge in [0.2, 0.25) is 6.54 Å². The smallest absolute Gasteiger partial charge is 0.321 e. The van der Waals surface area contributed by atoms with E-state index in [-0.39, 0.29) is 0 Å². The predicted octanol–water partition coefficient (Wildman–Crippen LogP) is 3.35. The maximum absolute atomic E-state index is 12.7. The number of ether oxygens (including phenoxy) is 2. The first-order valence-electron chi connectivity index (χ1n) is 8.42. The first-order chi connectivity index (χ1) is 11.8. The molecule has 0 aliphatic carbocycles. The van der Waals surface area contributed by atoms with Gasteiger partial charge in [-0.25, -0.2) is 0 Å². The van der Waals surface area contributed by atoms with Crippen molar-refractivity contribution in [1.29, 1.82) is 0 Å². The minimum Gasteiger partial charge on any atom is -0.459 e. The molecule has 0 N–H and O–H groups in total. The molecule has 1 aromatic carbocycles. The fourth-order valence-electron chi connectivity index (χ4n) is 2.42. The van der Waals surface area contributed by atoms with Crippen molar-refractivity contribution in [1.82, 2.24) is 0 Å². The highest BCUT2D eigenvalue weighted by Gasteiger charge is 2.43. The highest BCUT2D eigenvalue weighted by Crippen LogP contribution is 2.30. The van der Waals surface area contributed by atoms with Gasteiger partial charge in [-0.2, -0.15) is 0 Å². The molecule has 1 rings (SSSR count). The highest BCUT2D eigenvalue weighted by molar-refractivity contribution is 5.96. The van der Waals surface area contributed by atoms with Crippen molar-refractivity contribution >= 4 is 11.9 Å². The fourth-order valence-corrected chi connectivity index (χ4v) is 2.42. The SMILES string of the molecule is CC(C)(C)OC(=O)C(C(=O)OC(C)(C)C)[C@H](C[N+](=O)[O-])c1ccccc1. The summed E-state index contributed by atoms with van der Waals surface area (Å²) in [4.78, 5) is 36.1. The molecule has 0 aromatic heterocycles. The summed E-state index contributed by atoms with van der Waals surface area (Å²) < 4.78 is 10.7. The summed E-state index contributed by atoms with van der Waals surface area (Å²) in [7, 11) is 0. The summed E-state index contributed by atoms with van der Waals surface area (Å²) in [5, 5.41) is 11.2. The molecule has 0 saturated heterocycles. The molecule has 0 aliphatic heterocycles. The Morgan fingerprint density at radius 2 is 1.38 bits per heavy atom. The summed E-state index contributed by atoms with van der Waals surface area (Å²) in [5.74, 6) is -4.08. The number of carbonyl (C=O) groups is 2. The molecule has 26 heavy (non-hydrogen) atoms. The van der Waals surface area contributed by atoms with E-state index in [0.717, 1.165) is 0 Å². The van der Waals surface area contributed by atoms with Crippen LogP contribution in [-0.4, -0.2) is 34.6 Å².